The topological polar surface area (TPSA) is 79.4 Å². The monoisotopic (exact) mass is 401 g/mol. The van der Waals surface area contributed by atoms with Gasteiger partial charge < -0.3 is 9.84 Å². The highest BCUT2D eigenvalue weighted by Gasteiger charge is 2.20. The summed E-state index contributed by atoms with van der Waals surface area (Å²) in [6, 6.07) is 13.5. The van der Waals surface area contributed by atoms with Crippen molar-refractivity contribution in [2.75, 3.05) is 6.61 Å². The van der Waals surface area contributed by atoms with Crippen molar-refractivity contribution >= 4 is 17.1 Å². The largest absolute Gasteiger partial charge is 0.494 e. The molecular formula is C21H20FNO4S. The molecule has 0 unspecified atom stereocenters. The summed E-state index contributed by atoms with van der Waals surface area (Å²) in [6.45, 7) is 2.73. The lowest BCUT2D eigenvalue weighted by atomic mass is 9.97. The standard InChI is InChI=1S/C21H20FNO4S/c1-21(2,22)15-5-3-4-14(11-15)17(24)12-27-16-8-6-13(7-9-16)10-18-19(25)23-20(26)28-18/h3-9,11,25H,10,12H2,1-2H3,(H,23,26). The van der Waals surface area contributed by atoms with E-state index in [9.17, 15) is 19.1 Å². The number of benzene rings is 2. The molecule has 0 radical (unpaired) electrons. The zero-order valence-corrected chi connectivity index (χ0v) is 16.3. The smallest absolute Gasteiger partial charge is 0.307 e. The summed E-state index contributed by atoms with van der Waals surface area (Å²) in [5, 5.41) is 9.64. The van der Waals surface area contributed by atoms with Gasteiger partial charge in [-0.2, -0.15) is 0 Å². The summed E-state index contributed by atoms with van der Waals surface area (Å²) in [7, 11) is 0. The van der Waals surface area contributed by atoms with Crippen LogP contribution < -0.4 is 9.61 Å². The second-order valence-electron chi connectivity index (χ2n) is 6.87. The number of carbonyl (C=O) groups is 1. The third-order valence-electron chi connectivity index (χ3n) is 4.23. The number of aromatic hydroxyl groups is 1. The molecule has 5 nitrogen and oxygen atoms in total. The maximum absolute atomic E-state index is 14.1. The molecule has 2 N–H and O–H groups in total. The van der Waals surface area contributed by atoms with Gasteiger partial charge in [0.25, 0.3) is 0 Å². The van der Waals surface area contributed by atoms with E-state index in [0.29, 0.717) is 28.2 Å². The maximum atomic E-state index is 14.1. The number of H-pyrrole nitrogens is 1. The molecule has 0 spiro atoms. The Bertz CT molecular complexity index is 1030. The van der Waals surface area contributed by atoms with Crippen molar-refractivity contribution in [2.24, 2.45) is 0 Å². The number of alkyl halides is 1. The fourth-order valence-corrected chi connectivity index (χ4v) is 3.41. The number of nitrogens with one attached hydrogen (secondary N) is 1. The molecule has 0 atom stereocenters. The number of halogens is 1. The third kappa shape index (κ3) is 4.86. The zero-order chi connectivity index (χ0) is 20.3. The van der Waals surface area contributed by atoms with E-state index in [-0.39, 0.29) is 23.1 Å². The number of Topliss-reactive ketones (excluding diaryl/α,β-unsaturated/α-hetero) is 1. The van der Waals surface area contributed by atoms with Gasteiger partial charge in [-0.05, 0) is 43.2 Å². The second kappa shape index (κ2) is 7.98. The predicted octanol–water partition coefficient (Wildman–Crippen LogP) is 4.20. The highest BCUT2D eigenvalue weighted by Crippen LogP contribution is 2.25. The summed E-state index contributed by atoms with van der Waals surface area (Å²) in [5.41, 5.74) is 0.215. The van der Waals surface area contributed by atoms with Gasteiger partial charge in [0.05, 0.1) is 4.88 Å². The lowest BCUT2D eigenvalue weighted by molar-refractivity contribution is 0.0921. The molecule has 0 fully saturated rings. The number of aromatic nitrogens is 1. The van der Waals surface area contributed by atoms with E-state index in [4.69, 9.17) is 4.74 Å². The van der Waals surface area contributed by atoms with E-state index < -0.39 is 5.67 Å². The molecule has 146 valence electrons. The van der Waals surface area contributed by atoms with Crippen LogP contribution in [0.15, 0.2) is 53.3 Å². The van der Waals surface area contributed by atoms with E-state index in [1.165, 1.54) is 13.8 Å². The highest BCUT2D eigenvalue weighted by molar-refractivity contribution is 7.09. The van der Waals surface area contributed by atoms with Crippen molar-refractivity contribution in [1.29, 1.82) is 0 Å². The number of hydrogen-bond donors (Lipinski definition) is 2. The Morgan fingerprint density at radius 1 is 1.21 bits per heavy atom. The minimum atomic E-state index is -1.52. The van der Waals surface area contributed by atoms with Gasteiger partial charge in [-0.15, -0.1) is 0 Å². The summed E-state index contributed by atoms with van der Waals surface area (Å²) < 4.78 is 19.6. The summed E-state index contributed by atoms with van der Waals surface area (Å²) >= 11 is 0.964. The lowest BCUT2D eigenvalue weighted by Gasteiger charge is -2.15. The number of thiazole rings is 1. The zero-order valence-electron chi connectivity index (χ0n) is 15.5. The van der Waals surface area contributed by atoms with Gasteiger partial charge in [0.2, 0.25) is 5.88 Å². The van der Waals surface area contributed by atoms with Crippen molar-refractivity contribution in [3.8, 4) is 11.6 Å². The summed E-state index contributed by atoms with van der Waals surface area (Å²) in [4.78, 5) is 26.2. The average Bonchev–Trinajstić information content (AvgIpc) is 2.97. The number of ether oxygens (including phenoxy) is 1. The Labute approximate surface area is 165 Å². The van der Waals surface area contributed by atoms with E-state index in [2.05, 4.69) is 4.98 Å². The fraction of sp³-hybridized carbons (Fsp3) is 0.238. The van der Waals surface area contributed by atoms with Gasteiger partial charge in [-0.1, -0.05) is 41.7 Å². The average molecular weight is 401 g/mol. The molecule has 0 aliphatic rings. The minimum Gasteiger partial charge on any atom is -0.494 e. The molecule has 0 aliphatic carbocycles. The van der Waals surface area contributed by atoms with Gasteiger partial charge in [-0.25, -0.2) is 4.39 Å². The van der Waals surface area contributed by atoms with Crippen LogP contribution in [0.2, 0.25) is 0 Å². The minimum absolute atomic E-state index is 0.111. The van der Waals surface area contributed by atoms with Crippen molar-refractivity contribution in [2.45, 2.75) is 25.9 Å². The van der Waals surface area contributed by atoms with Crippen LogP contribution in [0.1, 0.15) is 40.2 Å². The first-order valence-corrected chi connectivity index (χ1v) is 9.49. The summed E-state index contributed by atoms with van der Waals surface area (Å²) in [6.07, 6.45) is 0.417. The first-order chi connectivity index (χ1) is 13.2. The van der Waals surface area contributed by atoms with Crippen LogP contribution in [0.3, 0.4) is 0 Å². The van der Waals surface area contributed by atoms with Gasteiger partial charge >= 0.3 is 4.87 Å². The number of carbonyl (C=O) groups excluding carboxylic acids is 1. The van der Waals surface area contributed by atoms with Crippen molar-refractivity contribution in [3.05, 3.63) is 79.8 Å². The quantitative estimate of drug-likeness (QED) is 0.582. The molecule has 0 saturated carbocycles. The second-order valence-corrected chi connectivity index (χ2v) is 7.94. The van der Waals surface area contributed by atoms with E-state index in [1.54, 1.807) is 48.5 Å². The van der Waals surface area contributed by atoms with Crippen LogP contribution in [0.4, 0.5) is 4.39 Å². The maximum Gasteiger partial charge on any atom is 0.307 e. The normalized spacial score (nSPS) is 11.4. The van der Waals surface area contributed by atoms with Gasteiger partial charge in [0.15, 0.2) is 12.4 Å². The molecule has 0 aliphatic heterocycles. The number of rotatable bonds is 7. The number of aromatic amines is 1. The predicted molar refractivity (Wildman–Crippen MR) is 106 cm³/mol. The number of hydrogen-bond acceptors (Lipinski definition) is 5. The Kier molecular flexibility index (Phi) is 5.65. The molecule has 0 saturated heterocycles. The Balaban J connectivity index is 1.61. The van der Waals surface area contributed by atoms with Crippen molar-refractivity contribution in [3.63, 3.8) is 0 Å². The molecule has 1 aromatic heterocycles. The first-order valence-electron chi connectivity index (χ1n) is 8.68. The summed E-state index contributed by atoms with van der Waals surface area (Å²) in [5.74, 6) is 0.169. The fourth-order valence-electron chi connectivity index (χ4n) is 2.66. The molecule has 2 aromatic carbocycles. The van der Waals surface area contributed by atoms with Crippen LogP contribution in [-0.4, -0.2) is 22.5 Å². The van der Waals surface area contributed by atoms with E-state index >= 15 is 0 Å². The molecule has 28 heavy (non-hydrogen) atoms. The molecule has 0 amide bonds. The SMILES string of the molecule is CC(C)(F)c1cccc(C(=O)COc2ccc(Cc3sc(=O)[nH]c3O)cc2)c1. The van der Waals surface area contributed by atoms with Crippen LogP contribution >= 0.6 is 11.3 Å². The molecule has 0 bridgehead atoms. The van der Waals surface area contributed by atoms with Crippen LogP contribution in [-0.2, 0) is 12.1 Å². The Morgan fingerprint density at radius 2 is 1.93 bits per heavy atom. The number of ketones is 1. The molecule has 3 rings (SSSR count). The molecule has 3 aromatic rings. The van der Waals surface area contributed by atoms with Crippen LogP contribution in [0.25, 0.3) is 0 Å². The Hall–Kier alpha value is -2.93. The van der Waals surface area contributed by atoms with Crippen molar-refractivity contribution in [1.82, 2.24) is 4.98 Å². The van der Waals surface area contributed by atoms with E-state index in [1.807, 2.05) is 0 Å². The first kappa shape index (κ1) is 19.8. The molecular weight excluding hydrogens is 381 g/mol. The molecule has 1 heterocycles. The highest BCUT2D eigenvalue weighted by atomic mass is 32.1. The van der Waals surface area contributed by atoms with E-state index in [0.717, 1.165) is 16.9 Å². The molecule has 7 heteroatoms. The Morgan fingerprint density at radius 3 is 2.54 bits per heavy atom. The van der Waals surface area contributed by atoms with Crippen molar-refractivity contribution < 1.29 is 19.0 Å². The third-order valence-corrected chi connectivity index (χ3v) is 5.10. The van der Waals surface area contributed by atoms with Gasteiger partial charge in [-0.3, -0.25) is 14.6 Å². The van der Waals surface area contributed by atoms with Gasteiger partial charge in [0.1, 0.15) is 11.4 Å². The van der Waals surface area contributed by atoms with Crippen LogP contribution in [0, 0.1) is 0 Å². The lowest BCUT2D eigenvalue weighted by Crippen LogP contribution is -2.14. The van der Waals surface area contributed by atoms with Gasteiger partial charge in [0, 0.05) is 12.0 Å². The van der Waals surface area contributed by atoms with Crippen LogP contribution in [0.5, 0.6) is 11.6 Å².